The van der Waals surface area contributed by atoms with Crippen molar-refractivity contribution >= 4 is 39.2 Å². The van der Waals surface area contributed by atoms with Crippen LogP contribution in [0.1, 0.15) is 42.2 Å². The van der Waals surface area contributed by atoms with Gasteiger partial charge in [-0.2, -0.15) is 0 Å². The minimum absolute atomic E-state index is 0.0344. The maximum Gasteiger partial charge on any atom is 0.305 e. The third kappa shape index (κ3) is 5.58. The predicted octanol–water partition coefficient (Wildman–Crippen LogP) is 5.37. The zero-order valence-electron chi connectivity index (χ0n) is 19.0. The van der Waals surface area contributed by atoms with Gasteiger partial charge in [0, 0.05) is 18.3 Å². The van der Waals surface area contributed by atoms with Gasteiger partial charge < -0.3 is 15.7 Å². The second-order valence-electron chi connectivity index (χ2n) is 8.31. The number of amides is 1. The first-order chi connectivity index (χ1) is 16.4. The lowest BCUT2D eigenvalue weighted by molar-refractivity contribution is -0.136. The van der Waals surface area contributed by atoms with Gasteiger partial charge in [-0.3, -0.25) is 9.59 Å². The predicted molar refractivity (Wildman–Crippen MR) is 135 cm³/mol. The number of carbonyl (C=O) groups is 2. The summed E-state index contributed by atoms with van der Waals surface area (Å²) >= 11 is 1.68. The van der Waals surface area contributed by atoms with E-state index in [1.54, 1.807) is 23.5 Å². The third-order valence-electron chi connectivity index (χ3n) is 5.43. The van der Waals surface area contributed by atoms with Gasteiger partial charge in [-0.25, -0.2) is 9.97 Å². The van der Waals surface area contributed by atoms with Gasteiger partial charge in [-0.05, 0) is 35.7 Å². The van der Waals surface area contributed by atoms with E-state index in [4.69, 9.17) is 10.1 Å². The van der Waals surface area contributed by atoms with Crippen molar-refractivity contribution in [2.45, 2.75) is 26.3 Å². The fourth-order valence-electron chi connectivity index (χ4n) is 3.62. The van der Waals surface area contributed by atoms with Gasteiger partial charge in [0.15, 0.2) is 0 Å². The summed E-state index contributed by atoms with van der Waals surface area (Å²) in [6.07, 6.45) is 1.37. The highest BCUT2D eigenvalue weighted by atomic mass is 32.1. The van der Waals surface area contributed by atoms with Crippen molar-refractivity contribution in [2.24, 2.45) is 5.92 Å². The average molecular weight is 475 g/mol. The molecule has 34 heavy (non-hydrogen) atoms. The van der Waals surface area contributed by atoms with E-state index < -0.39 is 5.97 Å². The molecule has 174 valence electrons. The van der Waals surface area contributed by atoms with Crippen LogP contribution in [-0.2, 0) is 4.79 Å². The SMILES string of the molecule is CC(C)C(Nc1ccc(C(=O)NCCC(=O)O)cn1)c1ccc(-c2nc3ccccc3s2)cc1. The van der Waals surface area contributed by atoms with Gasteiger partial charge in [0.2, 0.25) is 0 Å². The lowest BCUT2D eigenvalue weighted by Gasteiger charge is -2.23. The van der Waals surface area contributed by atoms with E-state index in [9.17, 15) is 9.59 Å². The molecular formula is C26H26N4O3S. The number of para-hydroxylation sites is 1. The molecule has 3 N–H and O–H groups in total. The fourth-order valence-corrected chi connectivity index (χ4v) is 4.59. The molecule has 0 saturated heterocycles. The van der Waals surface area contributed by atoms with Crippen LogP contribution >= 0.6 is 11.3 Å². The summed E-state index contributed by atoms with van der Waals surface area (Å²) in [6.45, 7) is 4.36. The summed E-state index contributed by atoms with van der Waals surface area (Å²) in [4.78, 5) is 31.8. The molecule has 8 heteroatoms. The zero-order chi connectivity index (χ0) is 24.1. The van der Waals surface area contributed by atoms with Crippen molar-refractivity contribution in [1.29, 1.82) is 0 Å². The number of benzene rings is 2. The van der Waals surface area contributed by atoms with Crippen LogP contribution < -0.4 is 10.6 Å². The second kappa shape index (κ2) is 10.4. The number of thiazole rings is 1. The van der Waals surface area contributed by atoms with Crippen molar-refractivity contribution in [3.05, 3.63) is 78.0 Å². The Morgan fingerprint density at radius 3 is 2.44 bits per heavy atom. The Hall–Kier alpha value is -3.78. The van der Waals surface area contributed by atoms with Gasteiger partial charge >= 0.3 is 5.97 Å². The molecule has 2 aromatic heterocycles. The summed E-state index contributed by atoms with van der Waals surface area (Å²) in [5, 5.41) is 15.7. The normalized spacial score (nSPS) is 12.0. The Kier molecular flexibility index (Phi) is 7.18. The number of fused-ring (bicyclic) bond motifs is 1. The molecule has 0 spiro atoms. The quantitative estimate of drug-likeness (QED) is 0.301. The number of nitrogens with zero attached hydrogens (tertiary/aromatic N) is 2. The largest absolute Gasteiger partial charge is 0.481 e. The van der Waals surface area contributed by atoms with Crippen LogP contribution in [0.3, 0.4) is 0 Å². The lowest BCUT2D eigenvalue weighted by atomic mass is 9.95. The van der Waals surface area contributed by atoms with E-state index in [-0.39, 0.29) is 24.9 Å². The summed E-state index contributed by atoms with van der Waals surface area (Å²) in [7, 11) is 0. The molecule has 0 aliphatic carbocycles. The highest BCUT2D eigenvalue weighted by Gasteiger charge is 2.17. The van der Waals surface area contributed by atoms with Crippen LogP contribution in [-0.4, -0.2) is 33.5 Å². The first-order valence-corrected chi connectivity index (χ1v) is 11.9. The number of aliphatic carboxylic acids is 1. The highest BCUT2D eigenvalue weighted by Crippen LogP contribution is 2.32. The molecule has 7 nitrogen and oxygen atoms in total. The van der Waals surface area contributed by atoms with Gasteiger partial charge in [-0.1, -0.05) is 50.2 Å². The monoisotopic (exact) mass is 474 g/mol. The van der Waals surface area contributed by atoms with Crippen LogP contribution in [0.2, 0.25) is 0 Å². The first-order valence-electron chi connectivity index (χ1n) is 11.1. The Bertz CT molecular complexity index is 1250. The van der Waals surface area contributed by atoms with Crippen LogP contribution in [0.5, 0.6) is 0 Å². The standard InChI is InChI=1S/C26H26N4O3S/c1-16(2)24(30-22-12-11-19(15-28-22)25(33)27-14-13-23(31)32)17-7-9-18(10-8-17)26-29-20-5-3-4-6-21(20)34-26/h3-12,15-16,24H,13-14H2,1-2H3,(H,27,33)(H,28,30)(H,31,32). The van der Waals surface area contributed by atoms with E-state index in [2.05, 4.69) is 59.8 Å². The number of hydrogen-bond donors (Lipinski definition) is 3. The van der Waals surface area contributed by atoms with Gasteiger partial charge in [0.25, 0.3) is 5.91 Å². The summed E-state index contributed by atoms with van der Waals surface area (Å²) in [5.74, 6) is -0.331. The molecule has 1 amide bonds. The first kappa shape index (κ1) is 23.4. The van der Waals surface area contributed by atoms with E-state index in [1.807, 2.05) is 18.2 Å². The van der Waals surface area contributed by atoms with Gasteiger partial charge in [0.05, 0.1) is 28.2 Å². The molecule has 0 bridgehead atoms. The fraction of sp³-hybridized carbons (Fsp3) is 0.231. The number of nitrogens with one attached hydrogen (secondary N) is 2. The molecule has 0 aliphatic rings. The minimum atomic E-state index is -0.953. The maximum atomic E-state index is 12.1. The summed E-state index contributed by atoms with van der Waals surface area (Å²) < 4.78 is 1.17. The number of anilines is 1. The van der Waals surface area contributed by atoms with Gasteiger partial charge in [-0.15, -0.1) is 11.3 Å². The Labute approximate surface area is 201 Å². The van der Waals surface area contributed by atoms with Crippen LogP contribution in [0, 0.1) is 5.92 Å². The van der Waals surface area contributed by atoms with Crippen LogP contribution in [0.4, 0.5) is 5.82 Å². The summed E-state index contributed by atoms with van der Waals surface area (Å²) in [6, 6.07) is 20.0. The molecule has 1 unspecified atom stereocenters. The molecule has 0 fully saturated rings. The van der Waals surface area contributed by atoms with Gasteiger partial charge in [0.1, 0.15) is 10.8 Å². The van der Waals surface area contributed by atoms with E-state index in [0.717, 1.165) is 21.7 Å². The molecule has 2 aromatic carbocycles. The molecule has 4 rings (SSSR count). The number of carboxylic acids is 1. The molecule has 1 atom stereocenters. The van der Waals surface area contributed by atoms with Crippen molar-refractivity contribution < 1.29 is 14.7 Å². The van der Waals surface area contributed by atoms with Crippen LogP contribution in [0.15, 0.2) is 66.9 Å². The molecule has 4 aromatic rings. The number of pyridine rings is 1. The van der Waals surface area contributed by atoms with Crippen LogP contribution in [0.25, 0.3) is 20.8 Å². The smallest absolute Gasteiger partial charge is 0.305 e. The number of hydrogen-bond acceptors (Lipinski definition) is 6. The number of carbonyl (C=O) groups excluding carboxylic acids is 1. The van der Waals surface area contributed by atoms with Crippen molar-refractivity contribution in [3.63, 3.8) is 0 Å². The Morgan fingerprint density at radius 1 is 1.03 bits per heavy atom. The molecule has 0 radical (unpaired) electrons. The summed E-state index contributed by atoms with van der Waals surface area (Å²) in [5.41, 5.74) is 3.62. The highest BCUT2D eigenvalue weighted by molar-refractivity contribution is 7.21. The Morgan fingerprint density at radius 2 is 1.79 bits per heavy atom. The maximum absolute atomic E-state index is 12.1. The third-order valence-corrected chi connectivity index (χ3v) is 6.52. The second-order valence-corrected chi connectivity index (χ2v) is 9.34. The number of carboxylic acid groups (broad SMARTS) is 1. The van der Waals surface area contributed by atoms with E-state index in [0.29, 0.717) is 17.3 Å². The van der Waals surface area contributed by atoms with E-state index in [1.165, 1.54) is 10.9 Å². The molecule has 0 aliphatic heterocycles. The zero-order valence-corrected chi connectivity index (χ0v) is 19.8. The van der Waals surface area contributed by atoms with Crippen molar-refractivity contribution in [3.8, 4) is 10.6 Å². The minimum Gasteiger partial charge on any atom is -0.481 e. The molecule has 2 heterocycles. The number of aromatic nitrogens is 2. The number of rotatable bonds is 9. The average Bonchev–Trinajstić information content (AvgIpc) is 3.27. The molecule has 0 saturated carbocycles. The topological polar surface area (TPSA) is 104 Å². The van der Waals surface area contributed by atoms with Crippen molar-refractivity contribution in [2.75, 3.05) is 11.9 Å². The van der Waals surface area contributed by atoms with E-state index >= 15 is 0 Å². The molecular weight excluding hydrogens is 448 g/mol. The lowest BCUT2D eigenvalue weighted by Crippen LogP contribution is -2.26. The Balaban J connectivity index is 1.45. The van der Waals surface area contributed by atoms with Crippen molar-refractivity contribution in [1.82, 2.24) is 15.3 Å².